The summed E-state index contributed by atoms with van der Waals surface area (Å²) in [6.07, 6.45) is 16.8. The second-order valence-electron chi connectivity index (χ2n) is 11.7. The smallest absolute Gasteiger partial charge is 0.331 e. The lowest BCUT2D eigenvalue weighted by atomic mass is 9.60. The van der Waals surface area contributed by atoms with Crippen LogP contribution in [0.5, 0.6) is 0 Å². The van der Waals surface area contributed by atoms with Crippen molar-refractivity contribution in [3.05, 3.63) is 59.8 Å². The van der Waals surface area contributed by atoms with Gasteiger partial charge in [0, 0.05) is 35.7 Å². The van der Waals surface area contributed by atoms with Gasteiger partial charge in [-0.05, 0) is 36.8 Å². The predicted octanol–water partition coefficient (Wildman–Crippen LogP) is 3.98. The van der Waals surface area contributed by atoms with Crippen LogP contribution in [0.1, 0.15) is 60.3 Å². The summed E-state index contributed by atoms with van der Waals surface area (Å²) in [4.78, 5) is 25.8. The van der Waals surface area contributed by atoms with Gasteiger partial charge in [-0.1, -0.05) is 76.6 Å². The van der Waals surface area contributed by atoms with Gasteiger partial charge < -0.3 is 20.1 Å². The van der Waals surface area contributed by atoms with E-state index < -0.39 is 45.8 Å². The lowest BCUT2D eigenvalue weighted by Crippen LogP contribution is -2.61. The Labute approximate surface area is 214 Å². The number of ether oxygens (including phenoxy) is 1. The third kappa shape index (κ3) is 3.80. The molecule has 0 aromatic carbocycles. The fourth-order valence-electron chi connectivity index (χ4n) is 7.42. The van der Waals surface area contributed by atoms with Gasteiger partial charge in [-0.2, -0.15) is 0 Å². The molecule has 0 saturated heterocycles. The third-order valence-corrected chi connectivity index (χ3v) is 9.31. The molecule has 0 amide bonds. The van der Waals surface area contributed by atoms with Crippen molar-refractivity contribution in [2.45, 2.75) is 77.1 Å². The number of unbranched alkanes of at least 4 members (excludes halogenated alkanes) is 1. The van der Waals surface area contributed by atoms with Crippen LogP contribution < -0.4 is 0 Å². The number of aliphatic hydroxyl groups excluding tert-OH is 1. The SMILES string of the molecule is CCC/C=C/C=C/C=C/C(=O)OC12CC(C)C3(O)C(C=C(CO)CC4(O)C(=O)C(C)=CC43)C1C2(C)C. The molecule has 7 atom stereocenters. The first-order chi connectivity index (χ1) is 16.9. The first kappa shape index (κ1) is 26.8. The van der Waals surface area contributed by atoms with Gasteiger partial charge in [0.05, 0.1) is 12.2 Å². The summed E-state index contributed by atoms with van der Waals surface area (Å²) in [5, 5.41) is 33.9. The highest BCUT2D eigenvalue weighted by atomic mass is 16.6. The molecule has 36 heavy (non-hydrogen) atoms. The number of carbonyl (C=O) groups is 2. The standard InChI is InChI=1S/C30H40O6/c1-6-7-8-9-10-11-12-13-24(32)36-29-16-20(3)30(35)22(25(29)27(29,4)5)15-21(18-31)17-28(34)23(30)14-19(2)26(28)33/h8-15,20,22-23,25,31,34-35H,6-7,16-18H2,1-5H3/b9-8+,11-10+,13-12+. The number of aliphatic hydroxyl groups is 3. The highest BCUT2D eigenvalue weighted by Gasteiger charge is 2.83. The molecular formula is C30H40O6. The first-order valence-electron chi connectivity index (χ1n) is 13.1. The fourth-order valence-corrected chi connectivity index (χ4v) is 7.42. The lowest BCUT2D eigenvalue weighted by molar-refractivity contribution is -0.185. The maximum atomic E-state index is 13.0. The summed E-state index contributed by atoms with van der Waals surface area (Å²) in [7, 11) is 0. The average Bonchev–Trinajstić information content (AvgIpc) is 3.22. The molecule has 0 aromatic rings. The largest absolute Gasteiger partial charge is 0.455 e. The Morgan fingerprint density at radius 1 is 1.17 bits per heavy atom. The van der Waals surface area contributed by atoms with Crippen LogP contribution in [0, 0.1) is 29.1 Å². The molecule has 2 fully saturated rings. The Kier molecular flexibility index (Phi) is 6.87. The number of hydrogen-bond donors (Lipinski definition) is 3. The van der Waals surface area contributed by atoms with Crippen LogP contribution in [-0.2, 0) is 14.3 Å². The van der Waals surface area contributed by atoms with Crippen LogP contribution in [0.25, 0.3) is 0 Å². The highest BCUT2D eigenvalue weighted by molar-refractivity contribution is 6.04. The Morgan fingerprint density at radius 2 is 1.86 bits per heavy atom. The molecule has 0 aromatic heterocycles. The van der Waals surface area contributed by atoms with Crippen molar-refractivity contribution in [1.29, 1.82) is 0 Å². The molecule has 0 heterocycles. The zero-order valence-corrected chi connectivity index (χ0v) is 22.0. The van der Waals surface area contributed by atoms with Crippen molar-refractivity contribution in [2.24, 2.45) is 29.1 Å². The lowest BCUT2D eigenvalue weighted by Gasteiger charge is -2.50. The Balaban J connectivity index is 1.64. The second kappa shape index (κ2) is 9.23. The van der Waals surface area contributed by atoms with E-state index in [1.165, 1.54) is 6.08 Å². The molecule has 196 valence electrons. The highest BCUT2D eigenvalue weighted by Crippen LogP contribution is 2.76. The topological polar surface area (TPSA) is 104 Å². The molecule has 7 unspecified atom stereocenters. The van der Waals surface area contributed by atoms with Crippen molar-refractivity contribution in [2.75, 3.05) is 6.61 Å². The number of esters is 1. The van der Waals surface area contributed by atoms with E-state index in [4.69, 9.17) is 4.74 Å². The molecule has 6 heteroatoms. The molecule has 6 nitrogen and oxygen atoms in total. The minimum atomic E-state index is -1.78. The number of ketones is 1. The molecule has 2 saturated carbocycles. The van der Waals surface area contributed by atoms with E-state index in [9.17, 15) is 24.9 Å². The minimum absolute atomic E-state index is 0.0198. The summed E-state index contributed by atoms with van der Waals surface area (Å²) >= 11 is 0. The van der Waals surface area contributed by atoms with E-state index in [1.807, 2.05) is 39.0 Å². The van der Waals surface area contributed by atoms with Gasteiger partial charge >= 0.3 is 5.97 Å². The number of Topliss-reactive ketones (excluding diaryl/α,β-unsaturated/α-hetero) is 1. The zero-order valence-electron chi connectivity index (χ0n) is 22.0. The van der Waals surface area contributed by atoms with Crippen LogP contribution in [0.15, 0.2) is 59.8 Å². The first-order valence-corrected chi connectivity index (χ1v) is 13.1. The van der Waals surface area contributed by atoms with Gasteiger partial charge in [-0.3, -0.25) is 4.79 Å². The fraction of sp³-hybridized carbons (Fsp3) is 0.600. The van der Waals surface area contributed by atoms with Crippen molar-refractivity contribution >= 4 is 11.8 Å². The van der Waals surface area contributed by atoms with Crippen LogP contribution in [0.2, 0.25) is 0 Å². The van der Waals surface area contributed by atoms with Crippen LogP contribution in [0.4, 0.5) is 0 Å². The molecule has 3 N–H and O–H groups in total. The number of hydrogen-bond acceptors (Lipinski definition) is 6. The van der Waals surface area contributed by atoms with Crippen LogP contribution >= 0.6 is 0 Å². The van der Waals surface area contributed by atoms with Gasteiger partial charge in [0.15, 0.2) is 5.78 Å². The second-order valence-corrected chi connectivity index (χ2v) is 11.7. The maximum absolute atomic E-state index is 13.0. The van der Waals surface area contributed by atoms with E-state index in [0.717, 1.165) is 12.8 Å². The Morgan fingerprint density at radius 3 is 2.53 bits per heavy atom. The third-order valence-electron chi connectivity index (χ3n) is 9.31. The molecular weight excluding hydrogens is 456 g/mol. The molecule has 0 bridgehead atoms. The summed E-state index contributed by atoms with van der Waals surface area (Å²) in [6.45, 7) is 9.44. The normalized spacial score (nSPS) is 41.1. The van der Waals surface area contributed by atoms with Crippen molar-refractivity contribution in [3.63, 3.8) is 0 Å². The van der Waals surface area contributed by atoms with E-state index in [-0.39, 0.29) is 24.9 Å². The van der Waals surface area contributed by atoms with Gasteiger partial charge in [-0.15, -0.1) is 0 Å². The van der Waals surface area contributed by atoms with Crippen molar-refractivity contribution < 1.29 is 29.6 Å². The van der Waals surface area contributed by atoms with Gasteiger partial charge in [0.1, 0.15) is 11.2 Å². The zero-order chi connectivity index (χ0) is 26.5. The number of fused-ring (bicyclic) bond motifs is 5. The van der Waals surface area contributed by atoms with E-state index >= 15 is 0 Å². The van der Waals surface area contributed by atoms with E-state index in [2.05, 4.69) is 13.0 Å². The van der Waals surface area contributed by atoms with Crippen molar-refractivity contribution in [3.8, 4) is 0 Å². The van der Waals surface area contributed by atoms with Crippen molar-refractivity contribution in [1.82, 2.24) is 0 Å². The van der Waals surface area contributed by atoms with Crippen LogP contribution in [-0.4, -0.2) is 50.5 Å². The summed E-state index contributed by atoms with van der Waals surface area (Å²) < 4.78 is 6.14. The van der Waals surface area contributed by atoms with Gasteiger partial charge in [0.2, 0.25) is 0 Å². The van der Waals surface area contributed by atoms with E-state index in [1.54, 1.807) is 25.2 Å². The maximum Gasteiger partial charge on any atom is 0.331 e. The Bertz CT molecular complexity index is 1080. The van der Waals surface area contributed by atoms with Crippen LogP contribution in [0.3, 0.4) is 0 Å². The molecule has 4 aliphatic carbocycles. The quantitative estimate of drug-likeness (QED) is 0.213. The Hall–Kier alpha value is -2.28. The number of rotatable bonds is 7. The van der Waals surface area contributed by atoms with Gasteiger partial charge in [0.25, 0.3) is 0 Å². The molecule has 0 radical (unpaired) electrons. The minimum Gasteiger partial charge on any atom is -0.455 e. The molecule has 4 aliphatic rings. The summed E-state index contributed by atoms with van der Waals surface area (Å²) in [6, 6.07) is 0. The predicted molar refractivity (Wildman–Crippen MR) is 138 cm³/mol. The summed E-state index contributed by atoms with van der Waals surface area (Å²) in [5.74, 6) is -2.71. The average molecular weight is 497 g/mol. The molecule has 0 aliphatic heterocycles. The molecule has 4 rings (SSSR count). The monoisotopic (exact) mass is 496 g/mol. The number of allylic oxidation sites excluding steroid dienone is 5. The summed E-state index contributed by atoms with van der Waals surface area (Å²) in [5.41, 5.74) is -3.46. The molecule has 0 spiro atoms. The van der Waals surface area contributed by atoms with Gasteiger partial charge in [-0.25, -0.2) is 4.79 Å². The van der Waals surface area contributed by atoms with E-state index in [0.29, 0.717) is 17.6 Å². The number of carbonyl (C=O) groups excluding carboxylic acids is 2.